The number of sulfonamides is 1. The molecule has 150 valence electrons. The molecule has 0 amide bonds. The lowest BCUT2D eigenvalue weighted by Gasteiger charge is -2.36. The lowest BCUT2D eigenvalue weighted by molar-refractivity contribution is -0.0686. The van der Waals surface area contributed by atoms with E-state index in [1.807, 2.05) is 11.0 Å². The molecular weight excluding hydrogens is 409 g/mol. The number of anilines is 1. The molecule has 0 aromatic heterocycles. The molecule has 28 heavy (non-hydrogen) atoms. The standard InChI is InChI=1S/C19H19F3N2O2S2/c1-14(19(20,21)22)15-6-8-16(9-7-15)23-10-12-24(13-11-23)28(25,26)18-5-3-2-4-17(18)27/h2-3,5-9H,1,4,10-13H2. The Morgan fingerprint density at radius 2 is 1.68 bits per heavy atom. The van der Waals surface area contributed by atoms with Crippen molar-refractivity contribution in [1.29, 1.82) is 0 Å². The van der Waals surface area contributed by atoms with Gasteiger partial charge in [-0.3, -0.25) is 0 Å². The first-order valence-corrected chi connectivity index (χ1v) is 10.5. The molecule has 1 aromatic carbocycles. The van der Waals surface area contributed by atoms with Gasteiger partial charge >= 0.3 is 6.18 Å². The van der Waals surface area contributed by atoms with Crippen molar-refractivity contribution < 1.29 is 21.6 Å². The zero-order valence-electron chi connectivity index (χ0n) is 14.9. The monoisotopic (exact) mass is 428 g/mol. The topological polar surface area (TPSA) is 40.6 Å². The van der Waals surface area contributed by atoms with Gasteiger partial charge in [0, 0.05) is 43.2 Å². The van der Waals surface area contributed by atoms with Gasteiger partial charge < -0.3 is 4.90 Å². The van der Waals surface area contributed by atoms with Crippen LogP contribution >= 0.6 is 12.2 Å². The lowest BCUT2D eigenvalue weighted by atomic mass is 10.1. The fourth-order valence-corrected chi connectivity index (χ4v) is 5.14. The van der Waals surface area contributed by atoms with Crippen LogP contribution in [0.1, 0.15) is 12.0 Å². The van der Waals surface area contributed by atoms with Crippen LogP contribution in [-0.2, 0) is 10.0 Å². The van der Waals surface area contributed by atoms with E-state index < -0.39 is 21.8 Å². The summed E-state index contributed by atoms with van der Waals surface area (Å²) in [6, 6.07) is 5.96. The Bertz CT molecular complexity index is 940. The molecule has 0 N–H and O–H groups in total. The van der Waals surface area contributed by atoms with Crippen molar-refractivity contribution in [1.82, 2.24) is 4.31 Å². The predicted molar refractivity (Wildman–Crippen MR) is 109 cm³/mol. The maximum atomic E-state index is 12.8. The number of hydrogen-bond acceptors (Lipinski definition) is 4. The van der Waals surface area contributed by atoms with Gasteiger partial charge in [0.05, 0.1) is 10.5 Å². The summed E-state index contributed by atoms with van der Waals surface area (Å²) in [4.78, 5) is 2.53. The Labute approximate surface area is 167 Å². The van der Waals surface area contributed by atoms with Crippen LogP contribution in [0.2, 0.25) is 0 Å². The minimum atomic E-state index is -4.47. The van der Waals surface area contributed by atoms with Crippen molar-refractivity contribution in [3.05, 3.63) is 59.5 Å². The third-order valence-corrected chi connectivity index (χ3v) is 7.24. The second-order valence-electron chi connectivity index (χ2n) is 6.50. The number of alkyl halides is 3. The molecule has 0 saturated carbocycles. The van der Waals surface area contributed by atoms with E-state index in [4.69, 9.17) is 12.2 Å². The second-order valence-corrected chi connectivity index (χ2v) is 8.90. The highest BCUT2D eigenvalue weighted by Gasteiger charge is 2.34. The van der Waals surface area contributed by atoms with Gasteiger partial charge in [0.25, 0.3) is 0 Å². The zero-order chi connectivity index (χ0) is 20.5. The first kappa shape index (κ1) is 20.8. The Morgan fingerprint density at radius 3 is 2.21 bits per heavy atom. The van der Waals surface area contributed by atoms with Crippen molar-refractivity contribution in [2.45, 2.75) is 12.6 Å². The van der Waals surface area contributed by atoms with Gasteiger partial charge in [-0.25, -0.2) is 8.42 Å². The summed E-state index contributed by atoms with van der Waals surface area (Å²) >= 11 is 5.18. The molecule has 1 saturated heterocycles. The maximum absolute atomic E-state index is 12.8. The highest BCUT2D eigenvalue weighted by atomic mass is 32.2. The van der Waals surface area contributed by atoms with E-state index in [0.29, 0.717) is 24.4 Å². The highest BCUT2D eigenvalue weighted by molar-refractivity contribution is 7.96. The van der Waals surface area contributed by atoms with Crippen LogP contribution in [0.25, 0.3) is 5.57 Å². The van der Waals surface area contributed by atoms with Crippen molar-refractivity contribution in [3.63, 3.8) is 0 Å². The van der Waals surface area contributed by atoms with Crippen LogP contribution in [0.15, 0.2) is 54.0 Å². The Morgan fingerprint density at radius 1 is 1.07 bits per heavy atom. The number of thiocarbonyl (C=S) groups is 1. The molecule has 1 aliphatic heterocycles. The summed E-state index contributed by atoms with van der Waals surface area (Å²) in [6.45, 7) is 4.53. The Hall–Kier alpha value is -1.97. The summed E-state index contributed by atoms with van der Waals surface area (Å²) in [5.74, 6) is 0. The van der Waals surface area contributed by atoms with Gasteiger partial charge in [-0.15, -0.1) is 0 Å². The van der Waals surface area contributed by atoms with Crippen molar-refractivity contribution >= 4 is 38.4 Å². The van der Waals surface area contributed by atoms with Gasteiger partial charge in [-0.05, 0) is 23.8 Å². The smallest absolute Gasteiger partial charge is 0.369 e. The molecule has 2 aliphatic rings. The zero-order valence-corrected chi connectivity index (χ0v) is 16.6. The van der Waals surface area contributed by atoms with Crippen LogP contribution in [0, 0.1) is 0 Å². The van der Waals surface area contributed by atoms with Gasteiger partial charge in [-0.1, -0.05) is 43.1 Å². The molecule has 1 heterocycles. The molecule has 0 unspecified atom stereocenters. The van der Waals surface area contributed by atoms with E-state index in [2.05, 4.69) is 6.58 Å². The van der Waals surface area contributed by atoms with Crippen molar-refractivity contribution in [2.75, 3.05) is 31.1 Å². The Balaban J connectivity index is 1.67. The quantitative estimate of drug-likeness (QED) is 0.682. The van der Waals surface area contributed by atoms with E-state index in [1.165, 1.54) is 22.5 Å². The predicted octanol–water partition coefficient (Wildman–Crippen LogP) is 3.93. The number of benzene rings is 1. The van der Waals surface area contributed by atoms with E-state index in [0.717, 1.165) is 5.69 Å². The molecule has 4 nitrogen and oxygen atoms in total. The molecule has 0 atom stereocenters. The SMILES string of the molecule is C=C(c1ccc(N2CCN(S(=O)(=O)C3=CC=CCC3=S)CC2)cc1)C(F)(F)F. The molecule has 1 aliphatic carbocycles. The molecule has 0 radical (unpaired) electrons. The van der Waals surface area contributed by atoms with Crippen LogP contribution < -0.4 is 4.90 Å². The van der Waals surface area contributed by atoms with Gasteiger partial charge in [-0.2, -0.15) is 17.5 Å². The van der Waals surface area contributed by atoms with Gasteiger partial charge in [0.2, 0.25) is 10.0 Å². The van der Waals surface area contributed by atoms with Gasteiger partial charge in [0.15, 0.2) is 0 Å². The molecule has 0 bridgehead atoms. The molecule has 0 spiro atoms. The summed E-state index contributed by atoms with van der Waals surface area (Å²) in [6.07, 6.45) is 1.01. The third kappa shape index (κ3) is 4.21. The van der Waals surface area contributed by atoms with Crippen molar-refractivity contribution in [2.24, 2.45) is 0 Å². The summed E-state index contributed by atoms with van der Waals surface area (Å²) < 4.78 is 65.2. The number of nitrogens with zero attached hydrogens (tertiary/aromatic N) is 2. The number of halogens is 3. The molecule has 3 rings (SSSR count). The number of allylic oxidation sites excluding steroid dienone is 5. The molecule has 9 heteroatoms. The van der Waals surface area contributed by atoms with Crippen LogP contribution in [-0.4, -0.2) is 49.9 Å². The Kier molecular flexibility index (Phi) is 5.79. The largest absolute Gasteiger partial charge is 0.416 e. The first-order valence-electron chi connectivity index (χ1n) is 8.62. The molecular formula is C19H19F3N2O2S2. The average Bonchev–Trinajstić information content (AvgIpc) is 2.67. The third-order valence-electron chi connectivity index (χ3n) is 4.74. The van der Waals surface area contributed by atoms with Crippen LogP contribution in [0.4, 0.5) is 18.9 Å². The molecule has 1 fully saturated rings. The number of hydrogen-bond donors (Lipinski definition) is 0. The lowest BCUT2D eigenvalue weighted by Crippen LogP contribution is -2.49. The minimum absolute atomic E-state index is 0.0169. The van der Waals surface area contributed by atoms with E-state index in [1.54, 1.807) is 18.2 Å². The molecule has 1 aromatic rings. The second kappa shape index (κ2) is 7.81. The van der Waals surface area contributed by atoms with E-state index in [-0.39, 0.29) is 23.6 Å². The summed E-state index contributed by atoms with van der Waals surface area (Å²) in [7, 11) is -3.64. The first-order chi connectivity index (χ1) is 13.1. The fourth-order valence-electron chi connectivity index (χ4n) is 3.12. The van der Waals surface area contributed by atoms with E-state index in [9.17, 15) is 21.6 Å². The normalized spacial score (nSPS) is 18.9. The fraction of sp³-hybridized carbons (Fsp3) is 0.316. The minimum Gasteiger partial charge on any atom is -0.369 e. The number of rotatable bonds is 4. The van der Waals surface area contributed by atoms with Gasteiger partial charge in [0.1, 0.15) is 0 Å². The van der Waals surface area contributed by atoms with Crippen LogP contribution in [0.3, 0.4) is 0 Å². The van der Waals surface area contributed by atoms with Crippen molar-refractivity contribution in [3.8, 4) is 0 Å². The maximum Gasteiger partial charge on any atom is 0.416 e. The number of piperazine rings is 1. The average molecular weight is 429 g/mol. The summed E-state index contributed by atoms with van der Waals surface area (Å²) in [5.41, 5.74) is -0.130. The highest BCUT2D eigenvalue weighted by Crippen LogP contribution is 2.33. The van der Waals surface area contributed by atoms with E-state index >= 15 is 0 Å². The summed E-state index contributed by atoms with van der Waals surface area (Å²) in [5, 5.41) is 0. The van der Waals surface area contributed by atoms with Crippen LogP contribution in [0.5, 0.6) is 0 Å².